The fourth-order valence-corrected chi connectivity index (χ4v) is 2.80. The molecule has 0 bridgehead atoms. The lowest BCUT2D eigenvalue weighted by atomic mass is 10.1. The zero-order valence-electron chi connectivity index (χ0n) is 13.7. The highest BCUT2D eigenvalue weighted by Crippen LogP contribution is 2.25. The summed E-state index contributed by atoms with van der Waals surface area (Å²) in [7, 11) is 1.72. The van der Waals surface area contributed by atoms with Crippen LogP contribution in [0.3, 0.4) is 0 Å². The molecule has 0 saturated carbocycles. The molecule has 0 atom stereocenters. The predicted molar refractivity (Wildman–Crippen MR) is 93.9 cm³/mol. The zero-order chi connectivity index (χ0) is 15.9. The number of hydrogen-bond acceptors (Lipinski definition) is 5. The molecule has 0 radical (unpaired) electrons. The molecule has 5 heteroatoms. The van der Waals surface area contributed by atoms with E-state index in [1.54, 1.807) is 7.11 Å². The second-order valence-corrected chi connectivity index (χ2v) is 5.77. The molecule has 1 fully saturated rings. The minimum Gasteiger partial charge on any atom is -0.385 e. The molecule has 2 heterocycles. The maximum atomic E-state index is 5.09. The third kappa shape index (κ3) is 4.20. The Bertz CT molecular complexity index is 612. The van der Waals surface area contributed by atoms with Gasteiger partial charge in [0.05, 0.1) is 5.69 Å². The fraction of sp³-hybridized carbons (Fsp3) is 0.444. The Labute approximate surface area is 137 Å². The van der Waals surface area contributed by atoms with Crippen LogP contribution in [-0.4, -0.2) is 43.3 Å². The second-order valence-electron chi connectivity index (χ2n) is 5.77. The number of ether oxygens (including phenoxy) is 1. The molecule has 1 aliphatic rings. The Morgan fingerprint density at radius 3 is 2.65 bits per heavy atom. The number of nitrogens with zero attached hydrogens (tertiary/aromatic N) is 3. The second kappa shape index (κ2) is 7.92. The molecule has 0 spiro atoms. The highest BCUT2D eigenvalue weighted by molar-refractivity contribution is 5.64. The highest BCUT2D eigenvalue weighted by Gasteiger charge is 2.16. The largest absolute Gasteiger partial charge is 0.385 e. The van der Waals surface area contributed by atoms with Crippen LogP contribution >= 0.6 is 0 Å². The van der Waals surface area contributed by atoms with E-state index in [1.807, 2.05) is 18.2 Å². The molecule has 5 nitrogen and oxygen atoms in total. The molecule has 0 unspecified atom stereocenters. The number of benzene rings is 1. The van der Waals surface area contributed by atoms with E-state index in [-0.39, 0.29) is 0 Å². The lowest BCUT2D eigenvalue weighted by Gasteiger charge is -2.18. The molecule has 1 aliphatic heterocycles. The van der Waals surface area contributed by atoms with E-state index >= 15 is 0 Å². The summed E-state index contributed by atoms with van der Waals surface area (Å²) in [6.45, 7) is 3.71. The van der Waals surface area contributed by atoms with Gasteiger partial charge in [-0.05, 0) is 19.3 Å². The zero-order valence-corrected chi connectivity index (χ0v) is 13.7. The maximum absolute atomic E-state index is 5.09. The summed E-state index contributed by atoms with van der Waals surface area (Å²) in [6, 6.07) is 12.4. The summed E-state index contributed by atoms with van der Waals surface area (Å²) in [5, 5.41) is 3.32. The van der Waals surface area contributed by atoms with E-state index < -0.39 is 0 Å². The van der Waals surface area contributed by atoms with Crippen molar-refractivity contribution >= 4 is 11.8 Å². The molecule has 23 heavy (non-hydrogen) atoms. The third-order valence-corrected chi connectivity index (χ3v) is 4.02. The molecule has 0 amide bonds. The minimum absolute atomic E-state index is 0.698. The maximum Gasteiger partial charge on any atom is 0.225 e. The average molecular weight is 312 g/mol. The van der Waals surface area contributed by atoms with Gasteiger partial charge in [0.25, 0.3) is 0 Å². The third-order valence-electron chi connectivity index (χ3n) is 4.02. The number of nitrogens with one attached hydrogen (secondary N) is 1. The van der Waals surface area contributed by atoms with Crippen molar-refractivity contribution in [2.24, 2.45) is 0 Å². The molecule has 1 aromatic carbocycles. The summed E-state index contributed by atoms with van der Waals surface area (Å²) >= 11 is 0. The number of hydrogen-bond donors (Lipinski definition) is 1. The van der Waals surface area contributed by atoms with Crippen LogP contribution < -0.4 is 10.2 Å². The van der Waals surface area contributed by atoms with Crippen molar-refractivity contribution in [1.82, 2.24) is 9.97 Å². The van der Waals surface area contributed by atoms with Gasteiger partial charge in [0.2, 0.25) is 5.95 Å². The van der Waals surface area contributed by atoms with Crippen molar-refractivity contribution < 1.29 is 4.74 Å². The molecule has 1 aromatic heterocycles. The topological polar surface area (TPSA) is 50.3 Å². The van der Waals surface area contributed by atoms with Crippen LogP contribution in [0.4, 0.5) is 11.8 Å². The van der Waals surface area contributed by atoms with Crippen molar-refractivity contribution in [3.63, 3.8) is 0 Å². The first-order chi connectivity index (χ1) is 11.4. The number of anilines is 2. The number of aromatic nitrogens is 2. The van der Waals surface area contributed by atoms with Crippen LogP contribution in [-0.2, 0) is 4.74 Å². The van der Waals surface area contributed by atoms with E-state index in [0.717, 1.165) is 49.7 Å². The number of methoxy groups -OCH3 is 1. The van der Waals surface area contributed by atoms with E-state index in [4.69, 9.17) is 9.72 Å². The highest BCUT2D eigenvalue weighted by atomic mass is 16.5. The Balaban J connectivity index is 1.84. The van der Waals surface area contributed by atoms with Gasteiger partial charge in [-0.3, -0.25) is 0 Å². The fourth-order valence-electron chi connectivity index (χ4n) is 2.80. The van der Waals surface area contributed by atoms with E-state index in [0.29, 0.717) is 5.95 Å². The quantitative estimate of drug-likeness (QED) is 0.796. The van der Waals surface area contributed by atoms with E-state index in [1.165, 1.54) is 12.8 Å². The Morgan fingerprint density at radius 1 is 1.13 bits per heavy atom. The number of rotatable bonds is 7. The summed E-state index contributed by atoms with van der Waals surface area (Å²) in [5.74, 6) is 1.72. The van der Waals surface area contributed by atoms with Gasteiger partial charge in [0.1, 0.15) is 5.82 Å². The van der Waals surface area contributed by atoms with Crippen LogP contribution in [0, 0.1) is 0 Å². The van der Waals surface area contributed by atoms with Crippen LogP contribution in [0.5, 0.6) is 0 Å². The van der Waals surface area contributed by atoms with Gasteiger partial charge in [-0.25, -0.2) is 4.98 Å². The molecule has 1 saturated heterocycles. The standard InChI is InChI=1S/C18H24N4O/c1-23-13-7-10-19-18-20-16(15-8-3-2-4-9-15)14-17(21-18)22-11-5-6-12-22/h2-4,8-9,14H,5-7,10-13H2,1H3,(H,19,20,21). The monoisotopic (exact) mass is 312 g/mol. The van der Waals surface area contributed by atoms with Crippen LogP contribution in [0.1, 0.15) is 19.3 Å². The first-order valence-corrected chi connectivity index (χ1v) is 8.29. The van der Waals surface area contributed by atoms with Crippen molar-refractivity contribution in [2.75, 3.05) is 43.6 Å². The molecular weight excluding hydrogens is 288 g/mol. The lowest BCUT2D eigenvalue weighted by Crippen LogP contribution is -2.20. The Hall–Kier alpha value is -2.14. The molecule has 1 N–H and O–H groups in total. The first-order valence-electron chi connectivity index (χ1n) is 8.29. The van der Waals surface area contributed by atoms with Gasteiger partial charge in [-0.15, -0.1) is 0 Å². The Kier molecular flexibility index (Phi) is 5.42. The smallest absolute Gasteiger partial charge is 0.225 e. The first kappa shape index (κ1) is 15.7. The SMILES string of the molecule is COCCCNc1nc(-c2ccccc2)cc(N2CCCC2)n1. The van der Waals surface area contributed by atoms with Gasteiger partial charge in [-0.2, -0.15) is 4.98 Å². The molecule has 3 rings (SSSR count). The molecule has 0 aliphatic carbocycles. The van der Waals surface area contributed by atoms with Gasteiger partial charge < -0.3 is 15.0 Å². The van der Waals surface area contributed by atoms with Crippen LogP contribution in [0.25, 0.3) is 11.3 Å². The van der Waals surface area contributed by atoms with Crippen molar-refractivity contribution in [3.8, 4) is 11.3 Å². The van der Waals surface area contributed by atoms with Gasteiger partial charge in [0.15, 0.2) is 0 Å². The molecular formula is C18H24N4O. The molecule has 122 valence electrons. The van der Waals surface area contributed by atoms with E-state index in [2.05, 4.69) is 33.4 Å². The summed E-state index contributed by atoms with van der Waals surface area (Å²) in [4.78, 5) is 11.7. The van der Waals surface area contributed by atoms with Crippen molar-refractivity contribution in [3.05, 3.63) is 36.4 Å². The predicted octanol–water partition coefficient (Wildman–Crippen LogP) is 3.19. The van der Waals surface area contributed by atoms with Gasteiger partial charge in [0, 0.05) is 45.0 Å². The van der Waals surface area contributed by atoms with E-state index in [9.17, 15) is 0 Å². The van der Waals surface area contributed by atoms with Crippen LogP contribution in [0.2, 0.25) is 0 Å². The average Bonchev–Trinajstić information content (AvgIpc) is 3.14. The van der Waals surface area contributed by atoms with Crippen molar-refractivity contribution in [1.29, 1.82) is 0 Å². The summed E-state index contributed by atoms with van der Waals surface area (Å²) in [6.07, 6.45) is 3.41. The summed E-state index contributed by atoms with van der Waals surface area (Å²) < 4.78 is 5.09. The van der Waals surface area contributed by atoms with Gasteiger partial charge in [-0.1, -0.05) is 30.3 Å². The summed E-state index contributed by atoms with van der Waals surface area (Å²) in [5.41, 5.74) is 2.09. The normalized spacial score (nSPS) is 14.2. The lowest BCUT2D eigenvalue weighted by molar-refractivity contribution is 0.197. The van der Waals surface area contributed by atoms with Gasteiger partial charge >= 0.3 is 0 Å². The van der Waals surface area contributed by atoms with Crippen LogP contribution in [0.15, 0.2) is 36.4 Å². The Morgan fingerprint density at radius 2 is 1.91 bits per heavy atom. The minimum atomic E-state index is 0.698. The molecule has 2 aromatic rings. The van der Waals surface area contributed by atoms with Crippen molar-refractivity contribution in [2.45, 2.75) is 19.3 Å².